The SMILES string of the molecule is CC#C[C@]1(O)CCC2C3CCC4=CC(=O)CCC4=C3C(c3ccc(N(C)CCCCCC(=O)Nc4ccc(CC5CN(CC(=O)O)CCN(CC(=O)O)CCN(CC(=O)O)CCN5CC(=O)O)cc4)cc3)C[C@@]21C.[Gd+3]. The first-order valence-electron chi connectivity index (χ1n) is 26.5. The summed E-state index contributed by atoms with van der Waals surface area (Å²) in [6.07, 6.45) is 10.8. The van der Waals surface area contributed by atoms with Gasteiger partial charge in [-0.05, 0) is 129 Å². The predicted octanol–water partition coefficient (Wildman–Crippen LogP) is 5.45. The molecule has 0 aromatic heterocycles. The molecule has 1 radical (unpaired) electrons. The molecule has 1 amide bonds. The minimum absolute atomic E-state index is 0. The van der Waals surface area contributed by atoms with Gasteiger partial charge in [0.05, 0.1) is 26.2 Å². The van der Waals surface area contributed by atoms with E-state index in [1.807, 2.05) is 25.1 Å². The van der Waals surface area contributed by atoms with Crippen LogP contribution in [0.4, 0.5) is 11.4 Å². The van der Waals surface area contributed by atoms with Gasteiger partial charge in [0.25, 0.3) is 0 Å². The van der Waals surface area contributed by atoms with Crippen LogP contribution < -0.4 is 10.2 Å². The Kier molecular flexibility index (Phi) is 21.6. The molecule has 5 aliphatic rings. The van der Waals surface area contributed by atoms with Crippen LogP contribution in [0.1, 0.15) is 102 Å². The van der Waals surface area contributed by atoms with Crippen molar-refractivity contribution in [2.75, 3.05) is 95.8 Å². The number of ketones is 1. The Bertz CT molecular complexity index is 2510. The third kappa shape index (κ3) is 15.6. The van der Waals surface area contributed by atoms with Gasteiger partial charge >= 0.3 is 63.8 Å². The molecule has 7 rings (SSSR count). The molecule has 0 bridgehead atoms. The summed E-state index contributed by atoms with van der Waals surface area (Å²) in [4.78, 5) is 82.1. The molecule has 1 saturated heterocycles. The van der Waals surface area contributed by atoms with Crippen molar-refractivity contribution in [3.05, 3.63) is 82.5 Å². The summed E-state index contributed by atoms with van der Waals surface area (Å²) in [6.45, 7) is 4.99. The van der Waals surface area contributed by atoms with E-state index in [0.717, 1.165) is 62.7 Å². The molecule has 0 spiro atoms. The average molecular weight is 1180 g/mol. The minimum atomic E-state index is -1.08. The van der Waals surface area contributed by atoms with Crippen molar-refractivity contribution in [2.45, 2.75) is 108 Å². The Balaban J connectivity index is 0.00000914. The Hall–Kier alpha value is -4.58. The zero-order chi connectivity index (χ0) is 53.2. The van der Waals surface area contributed by atoms with E-state index in [2.05, 4.69) is 60.3 Å². The van der Waals surface area contributed by atoms with E-state index in [1.54, 1.807) is 31.7 Å². The molecule has 405 valence electrons. The molecule has 4 unspecified atom stereocenters. The number of hydrogen-bond acceptors (Lipinski definition) is 12. The van der Waals surface area contributed by atoms with E-state index in [4.69, 9.17) is 0 Å². The molecule has 4 aliphatic carbocycles. The maximum absolute atomic E-state index is 13.1. The second-order valence-electron chi connectivity index (χ2n) is 21.5. The molecule has 2 saturated carbocycles. The largest absolute Gasteiger partial charge is 3.00 e. The number of aliphatic carboxylic acids is 4. The number of carboxylic acid groups (broad SMARTS) is 4. The molecule has 2 aromatic carbocycles. The van der Waals surface area contributed by atoms with Crippen LogP contribution >= 0.6 is 0 Å². The number of unbranched alkanes of at least 4 members (excludes halogenated alkanes) is 2. The molecular formula is C57H76GdN6O11+3. The topological polar surface area (TPSA) is 232 Å². The number of aliphatic hydroxyl groups is 1. The number of carbonyl (C=O) groups is 6. The normalized spacial score (nSPS) is 25.9. The number of rotatable bonds is 19. The van der Waals surface area contributed by atoms with Gasteiger partial charge in [-0.2, -0.15) is 0 Å². The first kappa shape index (κ1) is 59.7. The number of nitrogens with one attached hydrogen (secondary N) is 1. The van der Waals surface area contributed by atoms with Crippen LogP contribution in [-0.4, -0.2) is 178 Å². The summed E-state index contributed by atoms with van der Waals surface area (Å²) in [5.74, 6) is 2.98. The molecule has 6 atom stereocenters. The van der Waals surface area contributed by atoms with E-state index in [0.29, 0.717) is 49.6 Å². The second kappa shape index (κ2) is 27.1. The molecule has 18 heteroatoms. The fourth-order valence-electron chi connectivity index (χ4n) is 12.9. The van der Waals surface area contributed by atoms with Crippen LogP contribution in [0.25, 0.3) is 0 Å². The van der Waals surface area contributed by atoms with Gasteiger partial charge in [-0.3, -0.25) is 48.4 Å². The van der Waals surface area contributed by atoms with Crippen LogP contribution in [-0.2, 0) is 35.2 Å². The molecule has 6 N–H and O–H groups in total. The standard InChI is InChI=1S/C57H76N6O11.Gd/c1-4-22-57(74)23-21-49-47-19-13-41-32-45(64)18-20-46(41)55(47)48(33-56(49,57)2)40-11-16-43(17-12-40)59(3)24-7-5-6-8-50(65)58-42-14-9-39(10-15-42)31-44-34-62(37-53(70)71)28-27-60(35-51(66)67)25-26-61(36-52(68)69)29-30-63(44)38-54(72)73;/h9-12,14-17,32,44,47-49,74H,5-8,13,18-21,23-31,33-38H2,1-3H3,(H,58,65)(H,66,67)(H,68,69)(H,70,71)(H,72,73);/q;+3/t44?,47?,48?,49?,56-,57-;/m0./s1. The maximum atomic E-state index is 13.1. The van der Waals surface area contributed by atoms with Crippen LogP contribution in [0.5, 0.6) is 0 Å². The molecule has 17 nitrogen and oxygen atoms in total. The Morgan fingerprint density at radius 1 is 0.760 bits per heavy atom. The molecule has 75 heavy (non-hydrogen) atoms. The van der Waals surface area contributed by atoms with Gasteiger partial charge in [0, 0.05) is 101 Å². The van der Waals surface area contributed by atoms with Gasteiger partial charge < -0.3 is 35.7 Å². The number of carboxylic acids is 4. The number of hydrogen-bond donors (Lipinski definition) is 6. The van der Waals surface area contributed by atoms with Gasteiger partial charge in [0.2, 0.25) is 5.91 Å². The van der Waals surface area contributed by atoms with E-state index < -0.39 is 35.5 Å². The quantitative estimate of drug-likeness (QED) is 0.0759. The van der Waals surface area contributed by atoms with Gasteiger partial charge in [-0.1, -0.05) is 49.1 Å². The Morgan fingerprint density at radius 2 is 1.37 bits per heavy atom. The van der Waals surface area contributed by atoms with Gasteiger partial charge in [-0.25, -0.2) is 0 Å². The number of fused-ring (bicyclic) bond motifs is 4. The molecule has 1 heterocycles. The maximum Gasteiger partial charge on any atom is 3.00 e. The fourth-order valence-corrected chi connectivity index (χ4v) is 12.9. The Labute approximate surface area is 473 Å². The average Bonchev–Trinajstić information content (AvgIpc) is 3.61. The van der Waals surface area contributed by atoms with Gasteiger partial charge in [0.15, 0.2) is 5.78 Å². The van der Waals surface area contributed by atoms with Crippen molar-refractivity contribution in [1.29, 1.82) is 0 Å². The summed E-state index contributed by atoms with van der Waals surface area (Å²) >= 11 is 0. The predicted molar refractivity (Wildman–Crippen MR) is 281 cm³/mol. The van der Waals surface area contributed by atoms with Crippen molar-refractivity contribution in [3.8, 4) is 11.8 Å². The van der Waals surface area contributed by atoms with E-state index in [9.17, 15) is 54.3 Å². The number of nitrogens with zero attached hydrogens (tertiary/aromatic N) is 5. The van der Waals surface area contributed by atoms with Gasteiger partial charge in [0.1, 0.15) is 5.60 Å². The van der Waals surface area contributed by atoms with Crippen molar-refractivity contribution < 1.29 is 94.2 Å². The van der Waals surface area contributed by atoms with E-state index in [-0.39, 0.29) is 135 Å². The number of carbonyl (C=O) groups excluding carboxylic acids is 2. The zero-order valence-electron chi connectivity index (χ0n) is 43.8. The molecule has 2 aromatic rings. The zero-order valence-corrected chi connectivity index (χ0v) is 46.0. The van der Waals surface area contributed by atoms with Crippen LogP contribution in [0, 0.1) is 69.0 Å². The van der Waals surface area contributed by atoms with Crippen LogP contribution in [0.15, 0.2) is 71.3 Å². The number of anilines is 2. The van der Waals surface area contributed by atoms with Crippen LogP contribution in [0.3, 0.4) is 0 Å². The molecule has 1 aliphatic heterocycles. The first-order chi connectivity index (χ1) is 35.3. The van der Waals surface area contributed by atoms with Crippen molar-refractivity contribution >= 4 is 46.9 Å². The summed E-state index contributed by atoms with van der Waals surface area (Å²) in [7, 11) is 2.09. The summed E-state index contributed by atoms with van der Waals surface area (Å²) in [5.41, 5.74) is 6.52. The first-order valence-corrected chi connectivity index (χ1v) is 26.5. The van der Waals surface area contributed by atoms with Crippen molar-refractivity contribution in [3.63, 3.8) is 0 Å². The summed E-state index contributed by atoms with van der Waals surface area (Å²) in [6, 6.07) is 15.7. The van der Waals surface area contributed by atoms with E-state index in [1.165, 1.54) is 22.3 Å². The Morgan fingerprint density at radius 3 is 2.00 bits per heavy atom. The molecule has 3 fully saturated rings. The fraction of sp³-hybridized carbons (Fsp3) is 0.579. The van der Waals surface area contributed by atoms with E-state index >= 15 is 0 Å². The number of benzene rings is 2. The summed E-state index contributed by atoms with van der Waals surface area (Å²) < 4.78 is 0. The van der Waals surface area contributed by atoms with Crippen molar-refractivity contribution in [2.24, 2.45) is 17.3 Å². The third-order valence-corrected chi connectivity index (χ3v) is 16.6. The van der Waals surface area contributed by atoms with Crippen LogP contribution in [0.2, 0.25) is 0 Å². The number of allylic oxidation sites excluding steroid dienone is 4. The monoisotopic (exact) mass is 1180 g/mol. The van der Waals surface area contributed by atoms with Crippen molar-refractivity contribution in [1.82, 2.24) is 19.6 Å². The summed E-state index contributed by atoms with van der Waals surface area (Å²) in [5, 5.41) is 53.9. The number of amides is 1. The molecular weight excluding hydrogens is 1100 g/mol. The smallest absolute Gasteiger partial charge is 0.480 e. The third-order valence-electron chi connectivity index (χ3n) is 16.6. The minimum Gasteiger partial charge on any atom is -0.480 e. The second-order valence-corrected chi connectivity index (χ2v) is 21.5. The van der Waals surface area contributed by atoms with Gasteiger partial charge in [-0.15, -0.1) is 5.92 Å².